The summed E-state index contributed by atoms with van der Waals surface area (Å²) in [7, 11) is 1.77. The summed E-state index contributed by atoms with van der Waals surface area (Å²) in [6.45, 7) is 1.77. The van der Waals surface area contributed by atoms with E-state index in [0.717, 1.165) is 24.9 Å². The zero-order chi connectivity index (χ0) is 16.2. The van der Waals surface area contributed by atoms with Crippen molar-refractivity contribution in [2.24, 2.45) is 0 Å². The normalized spacial score (nSPS) is 17.4. The van der Waals surface area contributed by atoms with Gasteiger partial charge < -0.3 is 14.7 Å². The van der Waals surface area contributed by atoms with Crippen LogP contribution in [0.5, 0.6) is 0 Å². The third kappa shape index (κ3) is 4.26. The Balaban J connectivity index is 0.00000208. The van der Waals surface area contributed by atoms with E-state index in [1.54, 1.807) is 19.2 Å². The molecule has 1 unspecified atom stereocenters. The van der Waals surface area contributed by atoms with Crippen molar-refractivity contribution in [3.8, 4) is 11.4 Å². The van der Waals surface area contributed by atoms with Crippen molar-refractivity contribution in [1.82, 2.24) is 20.4 Å². The third-order valence-electron chi connectivity index (χ3n) is 4.00. The fraction of sp³-hybridized carbons (Fsp3) is 0.438. The van der Waals surface area contributed by atoms with Crippen LogP contribution in [0.4, 0.5) is 0 Å². The lowest BCUT2D eigenvalue weighted by atomic mass is 9.98. The maximum absolute atomic E-state index is 12.0. The van der Waals surface area contributed by atoms with Gasteiger partial charge >= 0.3 is 0 Å². The molecule has 3 rings (SSSR count). The zero-order valence-corrected chi connectivity index (χ0v) is 14.9. The van der Waals surface area contributed by atoms with Gasteiger partial charge in [-0.15, -0.1) is 12.4 Å². The van der Waals surface area contributed by atoms with E-state index < -0.39 is 0 Å². The Labute approximate surface area is 152 Å². The zero-order valence-electron chi connectivity index (χ0n) is 13.4. The average molecular weight is 371 g/mol. The fourth-order valence-corrected chi connectivity index (χ4v) is 2.91. The Morgan fingerprint density at radius 3 is 2.88 bits per heavy atom. The van der Waals surface area contributed by atoms with Crippen LogP contribution in [0.15, 0.2) is 28.8 Å². The number of amides is 1. The van der Waals surface area contributed by atoms with Gasteiger partial charge in [-0.05, 0) is 44.2 Å². The highest BCUT2D eigenvalue weighted by atomic mass is 35.5. The van der Waals surface area contributed by atoms with E-state index in [4.69, 9.17) is 16.1 Å². The lowest BCUT2D eigenvalue weighted by Gasteiger charge is -2.31. The standard InChI is InChI=1S/C16H19ClN4O2.ClH/c1-18-9-14(22)21-8-2-3-12(10-21)16-19-15(20-23-16)11-4-6-13(17)7-5-11;/h4-7,12,18H,2-3,8-10H2,1H3;1H. The summed E-state index contributed by atoms with van der Waals surface area (Å²) < 4.78 is 5.43. The van der Waals surface area contributed by atoms with Crippen molar-refractivity contribution in [3.63, 3.8) is 0 Å². The number of carbonyl (C=O) groups excluding carboxylic acids is 1. The van der Waals surface area contributed by atoms with Gasteiger partial charge in [0.15, 0.2) is 0 Å². The van der Waals surface area contributed by atoms with E-state index in [1.807, 2.05) is 17.0 Å². The van der Waals surface area contributed by atoms with E-state index in [1.165, 1.54) is 0 Å². The topological polar surface area (TPSA) is 71.3 Å². The Bertz CT molecular complexity index is 675. The molecular formula is C16H20Cl2N4O2. The molecule has 1 aromatic heterocycles. The van der Waals surface area contributed by atoms with E-state index >= 15 is 0 Å². The number of halogens is 2. The van der Waals surface area contributed by atoms with Crippen molar-refractivity contribution in [3.05, 3.63) is 35.2 Å². The Kier molecular flexibility index (Phi) is 6.60. The number of hydrogen-bond acceptors (Lipinski definition) is 5. The second-order valence-corrected chi connectivity index (χ2v) is 6.11. The molecule has 1 fully saturated rings. The first kappa shape index (κ1) is 18.7. The highest BCUT2D eigenvalue weighted by molar-refractivity contribution is 6.30. The van der Waals surface area contributed by atoms with E-state index in [9.17, 15) is 4.79 Å². The summed E-state index contributed by atoms with van der Waals surface area (Å²) in [5, 5.41) is 7.62. The number of likely N-dealkylation sites (N-methyl/N-ethyl adjacent to an activating group) is 1. The lowest BCUT2D eigenvalue weighted by Crippen LogP contribution is -2.42. The first-order chi connectivity index (χ1) is 11.2. The molecule has 130 valence electrons. The summed E-state index contributed by atoms with van der Waals surface area (Å²) in [6, 6.07) is 7.32. The summed E-state index contributed by atoms with van der Waals surface area (Å²) in [5.41, 5.74) is 0.864. The molecule has 0 saturated carbocycles. The smallest absolute Gasteiger partial charge is 0.236 e. The van der Waals surface area contributed by atoms with Crippen LogP contribution in [-0.4, -0.2) is 47.6 Å². The second kappa shape index (κ2) is 8.46. The number of piperidine rings is 1. The van der Waals surface area contributed by atoms with Gasteiger partial charge in [0.1, 0.15) is 0 Å². The van der Waals surface area contributed by atoms with Gasteiger partial charge in [-0.3, -0.25) is 4.79 Å². The number of nitrogens with one attached hydrogen (secondary N) is 1. The predicted octanol–water partition coefficient (Wildman–Crippen LogP) is 2.74. The number of hydrogen-bond donors (Lipinski definition) is 1. The van der Waals surface area contributed by atoms with Gasteiger partial charge in [-0.1, -0.05) is 16.8 Å². The van der Waals surface area contributed by atoms with Gasteiger partial charge in [0.05, 0.1) is 12.5 Å². The van der Waals surface area contributed by atoms with Gasteiger partial charge in [0.25, 0.3) is 0 Å². The molecule has 1 amide bonds. The number of likely N-dealkylation sites (tertiary alicyclic amines) is 1. The minimum absolute atomic E-state index is 0. The van der Waals surface area contributed by atoms with Crippen LogP contribution >= 0.6 is 24.0 Å². The molecule has 2 aromatic rings. The lowest BCUT2D eigenvalue weighted by molar-refractivity contribution is -0.131. The third-order valence-corrected chi connectivity index (χ3v) is 4.25. The summed E-state index contributed by atoms with van der Waals surface area (Å²) in [6.07, 6.45) is 1.89. The quantitative estimate of drug-likeness (QED) is 0.895. The predicted molar refractivity (Wildman–Crippen MR) is 94.5 cm³/mol. The minimum Gasteiger partial charge on any atom is -0.341 e. The minimum atomic E-state index is 0. The maximum atomic E-state index is 12.0. The van der Waals surface area contributed by atoms with Crippen molar-refractivity contribution in [2.45, 2.75) is 18.8 Å². The number of aromatic nitrogens is 2. The first-order valence-corrected chi connectivity index (χ1v) is 8.07. The highest BCUT2D eigenvalue weighted by Crippen LogP contribution is 2.27. The van der Waals surface area contributed by atoms with Crippen molar-refractivity contribution in [1.29, 1.82) is 0 Å². The molecule has 1 N–H and O–H groups in total. The molecule has 0 aliphatic carbocycles. The molecule has 24 heavy (non-hydrogen) atoms. The molecule has 8 heteroatoms. The van der Waals surface area contributed by atoms with Crippen LogP contribution in [0, 0.1) is 0 Å². The highest BCUT2D eigenvalue weighted by Gasteiger charge is 2.28. The number of carbonyl (C=O) groups is 1. The summed E-state index contributed by atoms with van der Waals surface area (Å²) in [4.78, 5) is 18.4. The molecule has 1 aliphatic rings. The van der Waals surface area contributed by atoms with E-state index in [2.05, 4.69) is 15.5 Å². The molecule has 0 radical (unpaired) electrons. The van der Waals surface area contributed by atoms with Crippen molar-refractivity contribution < 1.29 is 9.32 Å². The van der Waals surface area contributed by atoms with Crippen LogP contribution in [0.25, 0.3) is 11.4 Å². The summed E-state index contributed by atoms with van der Waals surface area (Å²) >= 11 is 5.89. The Morgan fingerprint density at radius 1 is 1.42 bits per heavy atom. The van der Waals surface area contributed by atoms with Crippen LogP contribution in [0.2, 0.25) is 5.02 Å². The molecule has 0 bridgehead atoms. The number of nitrogens with zero attached hydrogens (tertiary/aromatic N) is 3. The SMILES string of the molecule is CNCC(=O)N1CCCC(c2nc(-c3ccc(Cl)cc3)no2)C1.Cl. The molecule has 1 atom stereocenters. The van der Waals surface area contributed by atoms with Crippen LogP contribution in [0.1, 0.15) is 24.7 Å². The van der Waals surface area contributed by atoms with Gasteiger partial charge in [0.2, 0.25) is 17.6 Å². The number of rotatable bonds is 4. The molecule has 1 saturated heterocycles. The monoisotopic (exact) mass is 370 g/mol. The number of benzene rings is 1. The van der Waals surface area contributed by atoms with Crippen LogP contribution in [-0.2, 0) is 4.79 Å². The van der Waals surface area contributed by atoms with Gasteiger partial charge in [-0.25, -0.2) is 0 Å². The van der Waals surface area contributed by atoms with Gasteiger partial charge in [0, 0.05) is 23.7 Å². The fourth-order valence-electron chi connectivity index (χ4n) is 2.79. The average Bonchev–Trinajstić information content (AvgIpc) is 3.06. The van der Waals surface area contributed by atoms with Crippen molar-refractivity contribution >= 4 is 29.9 Å². The van der Waals surface area contributed by atoms with Gasteiger partial charge in [-0.2, -0.15) is 4.98 Å². The molecule has 1 aromatic carbocycles. The Morgan fingerprint density at radius 2 is 2.17 bits per heavy atom. The van der Waals surface area contributed by atoms with Crippen LogP contribution in [0.3, 0.4) is 0 Å². The first-order valence-electron chi connectivity index (χ1n) is 7.69. The second-order valence-electron chi connectivity index (χ2n) is 5.67. The molecule has 0 spiro atoms. The molecular weight excluding hydrogens is 351 g/mol. The maximum Gasteiger partial charge on any atom is 0.236 e. The molecule has 6 nitrogen and oxygen atoms in total. The van der Waals surface area contributed by atoms with Crippen molar-refractivity contribution in [2.75, 3.05) is 26.7 Å². The van der Waals surface area contributed by atoms with E-state index in [-0.39, 0.29) is 24.2 Å². The largest absolute Gasteiger partial charge is 0.341 e. The summed E-state index contributed by atoms with van der Waals surface area (Å²) in [5.74, 6) is 1.35. The Hall–Kier alpha value is -1.63. The molecule has 1 aliphatic heterocycles. The molecule has 2 heterocycles. The van der Waals surface area contributed by atoms with Crippen LogP contribution < -0.4 is 5.32 Å². The van der Waals surface area contributed by atoms with E-state index in [0.29, 0.717) is 29.8 Å².